The highest BCUT2D eigenvalue weighted by molar-refractivity contribution is 7.89. The molecule has 1 aliphatic carbocycles. The molecule has 0 amide bonds. The summed E-state index contributed by atoms with van der Waals surface area (Å²) in [5, 5.41) is 10.2. The Kier molecular flexibility index (Phi) is 5.40. The Morgan fingerprint density at radius 1 is 1.10 bits per heavy atom. The monoisotopic (exact) mass is 438 g/mol. The normalized spacial score (nSPS) is 26.3. The van der Waals surface area contributed by atoms with Gasteiger partial charge < -0.3 is 10.0 Å². The minimum absolute atomic E-state index is 0.0171. The fourth-order valence-electron chi connectivity index (χ4n) is 5.71. The third-order valence-electron chi connectivity index (χ3n) is 7.32. The number of anilines is 1. The average molecular weight is 439 g/mol. The first-order chi connectivity index (χ1) is 15.0. The highest BCUT2D eigenvalue weighted by atomic mass is 32.2. The van der Waals surface area contributed by atoms with Crippen molar-refractivity contribution in [3.63, 3.8) is 0 Å². The summed E-state index contributed by atoms with van der Waals surface area (Å²) < 4.78 is 28.9. The number of aliphatic hydroxyl groups excluding tert-OH is 1. The summed E-state index contributed by atoms with van der Waals surface area (Å²) in [6.07, 6.45) is 7.71. The molecule has 2 aromatic rings. The zero-order valence-corrected chi connectivity index (χ0v) is 18.8. The molecule has 1 N–H and O–H groups in total. The summed E-state index contributed by atoms with van der Waals surface area (Å²) in [7, 11) is -1.60. The number of sulfonamides is 1. The molecule has 164 valence electrons. The average Bonchev–Trinajstić information content (AvgIpc) is 3.26. The van der Waals surface area contributed by atoms with Gasteiger partial charge in [0.05, 0.1) is 23.6 Å². The van der Waals surface area contributed by atoms with Crippen molar-refractivity contribution in [2.75, 3.05) is 25.1 Å². The second-order valence-electron chi connectivity index (χ2n) is 8.94. The van der Waals surface area contributed by atoms with Crippen LogP contribution in [-0.2, 0) is 10.0 Å². The van der Waals surface area contributed by atoms with Crippen molar-refractivity contribution in [3.05, 3.63) is 65.7 Å². The first kappa shape index (κ1) is 20.7. The lowest BCUT2D eigenvalue weighted by molar-refractivity contribution is 0.193. The summed E-state index contributed by atoms with van der Waals surface area (Å²) in [4.78, 5) is 2.48. The van der Waals surface area contributed by atoms with E-state index in [1.54, 1.807) is 28.6 Å². The topological polar surface area (TPSA) is 60.9 Å². The van der Waals surface area contributed by atoms with Gasteiger partial charge in [-0.05, 0) is 73.1 Å². The Labute approximate surface area is 185 Å². The summed E-state index contributed by atoms with van der Waals surface area (Å²) in [6.45, 7) is 0.493. The van der Waals surface area contributed by atoms with Gasteiger partial charge in [-0.1, -0.05) is 30.3 Å². The van der Waals surface area contributed by atoms with E-state index in [0.717, 1.165) is 30.5 Å². The molecule has 1 saturated heterocycles. The molecule has 6 heteroatoms. The molecule has 0 radical (unpaired) electrons. The van der Waals surface area contributed by atoms with Crippen molar-refractivity contribution in [3.8, 4) is 0 Å². The van der Waals surface area contributed by atoms with E-state index in [2.05, 4.69) is 29.2 Å². The summed E-state index contributed by atoms with van der Waals surface area (Å²) in [6, 6.07) is 14.9. The van der Waals surface area contributed by atoms with Gasteiger partial charge in [-0.15, -0.1) is 0 Å². The number of benzene rings is 2. The second-order valence-corrected chi connectivity index (χ2v) is 10.8. The molecule has 0 aromatic heterocycles. The molecule has 5 nitrogen and oxygen atoms in total. The van der Waals surface area contributed by atoms with Crippen LogP contribution in [0.3, 0.4) is 0 Å². The standard InChI is InChI=1S/C25H30N2O3S/c1-26-23-13-12-19(18-8-4-2-5-9-18)16-22(23)25-21(24(26)17-28)14-15-27(25)31(29,30)20-10-6-3-7-11-20/h3,6-8,10-13,16,21,24-25,28H,2,4-5,9,14-15,17H2,1H3/t21-,24-,25-/m0/s1. The van der Waals surface area contributed by atoms with Gasteiger partial charge in [0.2, 0.25) is 10.0 Å². The van der Waals surface area contributed by atoms with Crippen molar-refractivity contribution < 1.29 is 13.5 Å². The fourth-order valence-corrected chi connectivity index (χ4v) is 7.40. The van der Waals surface area contributed by atoms with Gasteiger partial charge in [0.25, 0.3) is 0 Å². The maximum Gasteiger partial charge on any atom is 0.243 e. The molecule has 1 fully saturated rings. The molecular formula is C25H30N2O3S. The van der Waals surface area contributed by atoms with Crippen LogP contribution in [-0.4, -0.2) is 44.1 Å². The first-order valence-corrected chi connectivity index (χ1v) is 12.7. The minimum atomic E-state index is -3.62. The third kappa shape index (κ3) is 3.41. The van der Waals surface area contributed by atoms with Gasteiger partial charge in [-0.25, -0.2) is 8.42 Å². The van der Waals surface area contributed by atoms with Crippen LogP contribution in [0.25, 0.3) is 5.57 Å². The molecule has 0 saturated carbocycles. The van der Waals surface area contributed by atoms with Crippen LogP contribution < -0.4 is 4.90 Å². The molecule has 2 aliphatic heterocycles. The lowest BCUT2D eigenvalue weighted by atomic mass is 9.81. The van der Waals surface area contributed by atoms with Crippen LogP contribution in [0.15, 0.2) is 59.5 Å². The number of nitrogens with zero attached hydrogens (tertiary/aromatic N) is 2. The van der Waals surface area contributed by atoms with Crippen LogP contribution in [0.2, 0.25) is 0 Å². The maximum atomic E-state index is 13.6. The zero-order chi connectivity index (χ0) is 21.6. The SMILES string of the molecule is CN1c2ccc(C3=CCCCC3)cc2[C@@H]2[C@@H](CCN2S(=O)(=O)c2ccccc2)[C@@H]1CO. The van der Waals surface area contributed by atoms with Crippen LogP contribution in [0.4, 0.5) is 5.69 Å². The molecule has 0 bridgehead atoms. The van der Waals surface area contributed by atoms with Gasteiger partial charge in [-0.3, -0.25) is 0 Å². The first-order valence-electron chi connectivity index (χ1n) is 11.3. The van der Waals surface area contributed by atoms with Crippen molar-refractivity contribution >= 4 is 21.3 Å². The Morgan fingerprint density at radius 3 is 2.61 bits per heavy atom. The predicted molar refractivity (Wildman–Crippen MR) is 123 cm³/mol. The van der Waals surface area contributed by atoms with Gasteiger partial charge in [0.15, 0.2) is 0 Å². The number of hydrogen-bond acceptors (Lipinski definition) is 4. The summed E-state index contributed by atoms with van der Waals surface area (Å²) in [5.74, 6) is 0.0663. The maximum absolute atomic E-state index is 13.6. The second kappa shape index (κ2) is 8.08. The quantitative estimate of drug-likeness (QED) is 0.777. The lowest BCUT2D eigenvalue weighted by Gasteiger charge is -2.44. The molecule has 0 unspecified atom stereocenters. The van der Waals surface area contributed by atoms with Crippen LogP contribution >= 0.6 is 0 Å². The molecule has 2 aromatic carbocycles. The highest BCUT2D eigenvalue weighted by Gasteiger charge is 2.50. The van der Waals surface area contributed by atoms with E-state index in [9.17, 15) is 13.5 Å². The smallest absolute Gasteiger partial charge is 0.243 e. The number of allylic oxidation sites excluding steroid dienone is 2. The van der Waals surface area contributed by atoms with E-state index in [4.69, 9.17) is 0 Å². The number of aliphatic hydroxyl groups is 1. The van der Waals surface area contributed by atoms with Crippen molar-refractivity contribution in [1.82, 2.24) is 4.31 Å². The molecule has 0 spiro atoms. The molecular weight excluding hydrogens is 408 g/mol. The molecule has 3 atom stereocenters. The largest absolute Gasteiger partial charge is 0.394 e. The van der Waals surface area contributed by atoms with Crippen LogP contribution in [0.5, 0.6) is 0 Å². The summed E-state index contributed by atoms with van der Waals surface area (Å²) >= 11 is 0. The van der Waals surface area contributed by atoms with E-state index in [0.29, 0.717) is 11.4 Å². The van der Waals surface area contributed by atoms with Gasteiger partial charge in [0.1, 0.15) is 0 Å². The molecule has 3 aliphatic rings. The third-order valence-corrected chi connectivity index (χ3v) is 9.21. The highest BCUT2D eigenvalue weighted by Crippen LogP contribution is 2.51. The van der Waals surface area contributed by atoms with Crippen molar-refractivity contribution in [2.24, 2.45) is 5.92 Å². The van der Waals surface area contributed by atoms with Gasteiger partial charge >= 0.3 is 0 Å². The Balaban J connectivity index is 1.63. The van der Waals surface area contributed by atoms with Gasteiger partial charge in [-0.2, -0.15) is 4.31 Å². The molecule has 2 heterocycles. The Hall–Kier alpha value is -2.15. The van der Waals surface area contributed by atoms with E-state index in [1.807, 2.05) is 13.1 Å². The fraction of sp³-hybridized carbons (Fsp3) is 0.440. The van der Waals surface area contributed by atoms with Gasteiger partial charge in [0, 0.05) is 25.2 Å². The van der Waals surface area contributed by atoms with E-state index in [-0.39, 0.29) is 24.6 Å². The number of rotatable bonds is 4. The number of hydrogen-bond donors (Lipinski definition) is 1. The predicted octanol–water partition coefficient (Wildman–Crippen LogP) is 4.21. The van der Waals surface area contributed by atoms with E-state index in [1.165, 1.54) is 24.0 Å². The number of likely N-dealkylation sites (N-methyl/N-ethyl adjacent to an activating group) is 1. The van der Waals surface area contributed by atoms with E-state index >= 15 is 0 Å². The van der Waals surface area contributed by atoms with Crippen molar-refractivity contribution in [2.45, 2.75) is 49.1 Å². The molecule has 5 rings (SSSR count). The number of fused-ring (bicyclic) bond motifs is 3. The van der Waals surface area contributed by atoms with E-state index < -0.39 is 10.0 Å². The Bertz CT molecular complexity index is 1100. The van der Waals surface area contributed by atoms with Crippen LogP contribution in [0.1, 0.15) is 49.3 Å². The van der Waals surface area contributed by atoms with Crippen LogP contribution in [0, 0.1) is 5.92 Å². The minimum Gasteiger partial charge on any atom is -0.394 e. The van der Waals surface area contributed by atoms with Crippen molar-refractivity contribution in [1.29, 1.82) is 0 Å². The summed E-state index contributed by atoms with van der Waals surface area (Å²) in [5.41, 5.74) is 4.67. The zero-order valence-electron chi connectivity index (χ0n) is 17.9. The molecule has 31 heavy (non-hydrogen) atoms. The Morgan fingerprint density at radius 2 is 1.90 bits per heavy atom. The lowest BCUT2D eigenvalue weighted by Crippen LogP contribution is -2.48.